The van der Waals surface area contributed by atoms with E-state index in [9.17, 15) is 0 Å². The molecule has 3 aromatic rings. The predicted octanol–water partition coefficient (Wildman–Crippen LogP) is 5.15. The van der Waals surface area contributed by atoms with E-state index >= 15 is 0 Å². The number of benzene rings is 1. The highest BCUT2D eigenvalue weighted by molar-refractivity contribution is 7.15. The topological polar surface area (TPSA) is 53.9 Å². The molecule has 0 aliphatic carbocycles. The van der Waals surface area contributed by atoms with E-state index in [0.29, 0.717) is 6.54 Å². The summed E-state index contributed by atoms with van der Waals surface area (Å²) >= 11 is 1.73. The summed E-state index contributed by atoms with van der Waals surface area (Å²) in [6.45, 7) is 9.10. The average Bonchev–Trinajstić information content (AvgIpc) is 3.08. The SMILES string of the molecule is CCCN(CCC)c1nccc(NCc2sc(-c3ccccc3)nc2C)n1. The summed E-state index contributed by atoms with van der Waals surface area (Å²) in [5, 5.41) is 4.50. The summed E-state index contributed by atoms with van der Waals surface area (Å²) in [7, 11) is 0. The summed E-state index contributed by atoms with van der Waals surface area (Å²) in [6, 6.07) is 12.2. The van der Waals surface area contributed by atoms with Crippen LogP contribution >= 0.6 is 11.3 Å². The number of nitrogens with zero attached hydrogens (tertiary/aromatic N) is 4. The first-order valence-electron chi connectivity index (χ1n) is 9.54. The molecule has 0 radical (unpaired) electrons. The van der Waals surface area contributed by atoms with Crippen molar-refractivity contribution in [3.63, 3.8) is 0 Å². The molecule has 0 bridgehead atoms. The van der Waals surface area contributed by atoms with E-state index in [1.54, 1.807) is 11.3 Å². The lowest BCUT2D eigenvalue weighted by molar-refractivity contribution is 0.721. The van der Waals surface area contributed by atoms with Crippen LogP contribution in [0.1, 0.15) is 37.3 Å². The lowest BCUT2D eigenvalue weighted by Gasteiger charge is -2.21. The molecule has 3 rings (SSSR count). The largest absolute Gasteiger partial charge is 0.365 e. The maximum Gasteiger partial charge on any atom is 0.227 e. The maximum absolute atomic E-state index is 4.73. The number of thiazole rings is 1. The van der Waals surface area contributed by atoms with E-state index in [1.807, 2.05) is 30.5 Å². The van der Waals surface area contributed by atoms with Crippen molar-refractivity contribution in [2.75, 3.05) is 23.3 Å². The molecule has 2 aromatic heterocycles. The second-order valence-electron chi connectivity index (χ2n) is 6.48. The molecule has 0 saturated heterocycles. The molecule has 6 heteroatoms. The van der Waals surface area contributed by atoms with Gasteiger partial charge in [-0.05, 0) is 25.8 Å². The zero-order chi connectivity index (χ0) is 19.1. The molecule has 1 aromatic carbocycles. The molecule has 0 saturated carbocycles. The van der Waals surface area contributed by atoms with Gasteiger partial charge in [-0.2, -0.15) is 4.98 Å². The van der Waals surface area contributed by atoms with Crippen LogP contribution in [-0.4, -0.2) is 28.0 Å². The van der Waals surface area contributed by atoms with Gasteiger partial charge in [0.2, 0.25) is 5.95 Å². The normalized spacial score (nSPS) is 10.8. The first-order chi connectivity index (χ1) is 13.2. The van der Waals surface area contributed by atoms with Crippen molar-refractivity contribution in [1.82, 2.24) is 15.0 Å². The van der Waals surface area contributed by atoms with Gasteiger partial charge in [0.05, 0.1) is 12.2 Å². The first kappa shape index (κ1) is 19.3. The Balaban J connectivity index is 1.70. The Labute approximate surface area is 165 Å². The lowest BCUT2D eigenvalue weighted by atomic mass is 10.2. The number of rotatable bonds is 9. The highest BCUT2D eigenvalue weighted by atomic mass is 32.1. The molecule has 0 aliphatic heterocycles. The molecule has 0 aliphatic rings. The molecule has 1 N–H and O–H groups in total. The van der Waals surface area contributed by atoms with Gasteiger partial charge in [-0.25, -0.2) is 9.97 Å². The third-order valence-corrected chi connectivity index (χ3v) is 5.46. The van der Waals surface area contributed by atoms with Gasteiger partial charge in [0.25, 0.3) is 0 Å². The standard InChI is InChI=1S/C21H27N5S/c1-4-13-26(14-5-2)21-22-12-11-19(25-21)23-15-18-16(3)24-20(27-18)17-9-7-6-8-10-17/h6-12H,4-5,13-15H2,1-3H3,(H,22,23,25). The van der Waals surface area contributed by atoms with Crippen molar-refractivity contribution in [2.45, 2.75) is 40.2 Å². The molecule has 0 amide bonds. The highest BCUT2D eigenvalue weighted by Crippen LogP contribution is 2.28. The van der Waals surface area contributed by atoms with Gasteiger partial charge >= 0.3 is 0 Å². The molecule has 0 spiro atoms. The summed E-state index contributed by atoms with van der Waals surface area (Å²) in [5.74, 6) is 1.65. The van der Waals surface area contributed by atoms with Crippen molar-refractivity contribution in [3.8, 4) is 10.6 Å². The zero-order valence-corrected chi connectivity index (χ0v) is 17.1. The van der Waals surface area contributed by atoms with E-state index in [2.05, 4.69) is 48.1 Å². The smallest absolute Gasteiger partial charge is 0.227 e. The summed E-state index contributed by atoms with van der Waals surface area (Å²) in [5.41, 5.74) is 2.23. The molecule has 2 heterocycles. The van der Waals surface area contributed by atoms with E-state index < -0.39 is 0 Å². The van der Waals surface area contributed by atoms with Gasteiger partial charge < -0.3 is 10.2 Å². The number of aromatic nitrogens is 3. The van der Waals surface area contributed by atoms with Crippen LogP contribution in [0.4, 0.5) is 11.8 Å². The van der Waals surface area contributed by atoms with Crippen molar-refractivity contribution in [3.05, 3.63) is 53.2 Å². The molecule has 0 unspecified atom stereocenters. The predicted molar refractivity (Wildman–Crippen MR) is 114 cm³/mol. The van der Waals surface area contributed by atoms with Crippen LogP contribution in [0.15, 0.2) is 42.6 Å². The van der Waals surface area contributed by atoms with Crippen LogP contribution in [0, 0.1) is 6.92 Å². The molecule has 142 valence electrons. The zero-order valence-electron chi connectivity index (χ0n) is 16.3. The summed E-state index contributed by atoms with van der Waals surface area (Å²) < 4.78 is 0. The van der Waals surface area contributed by atoms with Gasteiger partial charge in [-0.3, -0.25) is 0 Å². The highest BCUT2D eigenvalue weighted by Gasteiger charge is 2.11. The van der Waals surface area contributed by atoms with Crippen molar-refractivity contribution < 1.29 is 0 Å². The monoisotopic (exact) mass is 381 g/mol. The number of nitrogens with one attached hydrogen (secondary N) is 1. The molecule has 5 nitrogen and oxygen atoms in total. The van der Waals surface area contributed by atoms with E-state index in [0.717, 1.165) is 54.0 Å². The van der Waals surface area contributed by atoms with Crippen LogP contribution in [-0.2, 0) is 6.54 Å². The van der Waals surface area contributed by atoms with Crippen molar-refractivity contribution in [2.24, 2.45) is 0 Å². The number of hydrogen-bond donors (Lipinski definition) is 1. The molecule has 0 fully saturated rings. The third-order valence-electron chi connectivity index (χ3n) is 4.26. The van der Waals surface area contributed by atoms with Crippen molar-refractivity contribution in [1.29, 1.82) is 0 Å². The summed E-state index contributed by atoms with van der Waals surface area (Å²) in [6.07, 6.45) is 4.00. The summed E-state index contributed by atoms with van der Waals surface area (Å²) in [4.78, 5) is 17.4. The minimum absolute atomic E-state index is 0.717. The van der Waals surface area contributed by atoms with Gasteiger partial charge in [-0.15, -0.1) is 11.3 Å². The fourth-order valence-electron chi connectivity index (χ4n) is 2.92. The van der Waals surface area contributed by atoms with Gasteiger partial charge in [0.15, 0.2) is 0 Å². The second-order valence-corrected chi connectivity index (χ2v) is 7.56. The first-order valence-corrected chi connectivity index (χ1v) is 10.4. The Kier molecular flexibility index (Phi) is 6.76. The minimum Gasteiger partial charge on any atom is -0.365 e. The Morgan fingerprint density at radius 2 is 1.74 bits per heavy atom. The molecular formula is C21H27N5S. The molecule has 0 atom stereocenters. The fraction of sp³-hybridized carbons (Fsp3) is 0.381. The molecular weight excluding hydrogens is 354 g/mol. The van der Waals surface area contributed by atoms with Crippen LogP contribution in [0.2, 0.25) is 0 Å². The van der Waals surface area contributed by atoms with Crippen LogP contribution < -0.4 is 10.2 Å². The van der Waals surface area contributed by atoms with Crippen molar-refractivity contribution >= 4 is 23.1 Å². The Morgan fingerprint density at radius 1 is 1.00 bits per heavy atom. The lowest BCUT2D eigenvalue weighted by Crippen LogP contribution is -2.27. The number of hydrogen-bond acceptors (Lipinski definition) is 6. The van der Waals surface area contributed by atoms with E-state index in [-0.39, 0.29) is 0 Å². The van der Waals surface area contributed by atoms with Gasteiger partial charge in [0, 0.05) is 29.7 Å². The number of aryl methyl sites for hydroxylation is 1. The minimum atomic E-state index is 0.717. The number of anilines is 2. The van der Waals surface area contributed by atoms with E-state index in [4.69, 9.17) is 9.97 Å². The third kappa shape index (κ3) is 5.04. The second kappa shape index (κ2) is 9.46. The van der Waals surface area contributed by atoms with Gasteiger partial charge in [-0.1, -0.05) is 44.2 Å². The van der Waals surface area contributed by atoms with Crippen LogP contribution in [0.3, 0.4) is 0 Å². The molecule has 27 heavy (non-hydrogen) atoms. The van der Waals surface area contributed by atoms with Crippen LogP contribution in [0.25, 0.3) is 10.6 Å². The fourth-order valence-corrected chi connectivity index (χ4v) is 3.93. The van der Waals surface area contributed by atoms with E-state index in [1.165, 1.54) is 4.88 Å². The Hall–Kier alpha value is -2.47. The Bertz CT molecular complexity index is 841. The van der Waals surface area contributed by atoms with Crippen LogP contribution in [0.5, 0.6) is 0 Å². The Morgan fingerprint density at radius 3 is 2.44 bits per heavy atom. The average molecular weight is 382 g/mol. The maximum atomic E-state index is 4.73. The quantitative estimate of drug-likeness (QED) is 0.556. The van der Waals surface area contributed by atoms with Gasteiger partial charge in [0.1, 0.15) is 10.8 Å².